The Morgan fingerprint density at radius 3 is 2.68 bits per heavy atom. The maximum atomic E-state index is 11.6. The molecule has 0 aliphatic rings. The predicted octanol–water partition coefficient (Wildman–Crippen LogP) is 2.06. The number of carboxylic acids is 1. The van der Waals surface area contributed by atoms with Crippen molar-refractivity contribution in [2.45, 2.75) is 12.5 Å². The minimum atomic E-state index is -2.02. The third-order valence-electron chi connectivity index (χ3n) is 2.25. The zero-order chi connectivity index (χ0) is 14.6. The smallest absolute Gasteiger partial charge is 0.337 e. The molecule has 1 unspecified atom stereocenters. The van der Waals surface area contributed by atoms with Crippen LogP contribution in [0.3, 0.4) is 0 Å². The van der Waals surface area contributed by atoms with E-state index in [0.29, 0.717) is 15.2 Å². The number of nitrogens with one attached hydrogen (secondary N) is 2. The molecule has 104 valence electrons. The van der Waals surface area contributed by atoms with Crippen LogP contribution in [0.5, 0.6) is 0 Å². The molecule has 0 saturated heterocycles. The topological polar surface area (TPSA) is 98.7 Å². The zero-order valence-electron chi connectivity index (χ0n) is 9.91. The number of carbonyl (C=O) groups excluding carboxylic acids is 1. The number of urea groups is 1. The lowest BCUT2D eigenvalue weighted by Gasteiger charge is -2.18. The number of hydrogen-bond acceptors (Lipinski definition) is 3. The summed E-state index contributed by atoms with van der Waals surface area (Å²) in [5.74, 6) is -1.42. The third kappa shape index (κ3) is 4.38. The molecule has 0 radical (unpaired) electrons. The van der Waals surface area contributed by atoms with Gasteiger partial charge in [0.25, 0.3) is 0 Å². The first-order valence-electron chi connectivity index (χ1n) is 5.18. The van der Waals surface area contributed by atoms with Crippen molar-refractivity contribution < 1.29 is 19.8 Å². The number of rotatable bonds is 4. The molecule has 1 aromatic carbocycles. The Bertz CT molecular complexity index is 507. The maximum absolute atomic E-state index is 11.6. The number of carboxylic acid groups (broad SMARTS) is 1. The molecule has 0 spiro atoms. The summed E-state index contributed by atoms with van der Waals surface area (Å²) in [6.45, 7) is 0.664. The molecule has 0 aliphatic carbocycles. The number of halogens is 2. The first-order valence-corrected chi connectivity index (χ1v) is 6.36. The van der Waals surface area contributed by atoms with Crippen LogP contribution < -0.4 is 10.6 Å². The van der Waals surface area contributed by atoms with Gasteiger partial charge in [-0.05, 0) is 35.0 Å². The fourth-order valence-electron chi connectivity index (χ4n) is 1.09. The Morgan fingerprint density at radius 2 is 2.11 bits per heavy atom. The normalized spacial score (nSPS) is 13.5. The van der Waals surface area contributed by atoms with Crippen molar-refractivity contribution in [2.75, 3.05) is 11.9 Å². The second-order valence-corrected chi connectivity index (χ2v) is 5.19. The summed E-state index contributed by atoms with van der Waals surface area (Å²) in [5.41, 5.74) is -1.59. The summed E-state index contributed by atoms with van der Waals surface area (Å²) in [7, 11) is 0. The predicted molar refractivity (Wildman–Crippen MR) is 74.4 cm³/mol. The molecule has 0 bridgehead atoms. The van der Waals surface area contributed by atoms with E-state index in [9.17, 15) is 14.7 Å². The Kier molecular flexibility index (Phi) is 5.16. The van der Waals surface area contributed by atoms with E-state index in [2.05, 4.69) is 26.6 Å². The minimum Gasteiger partial charge on any atom is -0.479 e. The number of carbonyl (C=O) groups is 2. The number of aliphatic hydroxyl groups is 1. The lowest BCUT2D eigenvalue weighted by atomic mass is 10.1. The van der Waals surface area contributed by atoms with Gasteiger partial charge in [-0.15, -0.1) is 0 Å². The van der Waals surface area contributed by atoms with Crippen LogP contribution in [-0.4, -0.2) is 34.4 Å². The van der Waals surface area contributed by atoms with Crippen LogP contribution in [0.2, 0.25) is 5.02 Å². The van der Waals surface area contributed by atoms with Gasteiger partial charge >= 0.3 is 12.0 Å². The van der Waals surface area contributed by atoms with Crippen LogP contribution in [0.4, 0.5) is 10.5 Å². The molecule has 1 rings (SSSR count). The van der Waals surface area contributed by atoms with E-state index in [1.807, 2.05) is 0 Å². The Labute approximate surface area is 122 Å². The fourth-order valence-corrected chi connectivity index (χ4v) is 1.63. The summed E-state index contributed by atoms with van der Waals surface area (Å²) in [6.07, 6.45) is 0. The lowest BCUT2D eigenvalue weighted by molar-refractivity contribution is -0.155. The van der Waals surface area contributed by atoms with Gasteiger partial charge in [-0.3, -0.25) is 0 Å². The molecular formula is C11H12BrClN2O4. The van der Waals surface area contributed by atoms with E-state index < -0.39 is 24.1 Å². The standard InChI is InChI=1S/C11H12BrClN2O4/c1-11(19,9(16)17)5-14-10(18)15-7-4-2-3-6(13)8(7)12/h2-4,19H,5H2,1H3,(H,16,17)(H2,14,15,18). The molecule has 0 aliphatic heterocycles. The van der Waals surface area contributed by atoms with Crippen molar-refractivity contribution in [1.82, 2.24) is 5.32 Å². The van der Waals surface area contributed by atoms with Crippen LogP contribution in [0, 0.1) is 0 Å². The quantitative estimate of drug-likeness (QED) is 0.667. The highest BCUT2D eigenvalue weighted by Crippen LogP contribution is 2.29. The van der Waals surface area contributed by atoms with Gasteiger partial charge in [0.1, 0.15) is 0 Å². The molecule has 6 nitrogen and oxygen atoms in total. The highest BCUT2D eigenvalue weighted by Gasteiger charge is 2.30. The van der Waals surface area contributed by atoms with Crippen molar-refractivity contribution >= 4 is 45.2 Å². The maximum Gasteiger partial charge on any atom is 0.337 e. The van der Waals surface area contributed by atoms with Gasteiger partial charge in [-0.2, -0.15) is 0 Å². The van der Waals surface area contributed by atoms with Crippen molar-refractivity contribution in [1.29, 1.82) is 0 Å². The Morgan fingerprint density at radius 1 is 1.47 bits per heavy atom. The third-order valence-corrected chi connectivity index (χ3v) is 3.65. The molecule has 0 saturated carbocycles. The Balaban J connectivity index is 2.62. The largest absolute Gasteiger partial charge is 0.479 e. The van der Waals surface area contributed by atoms with Gasteiger partial charge in [-0.1, -0.05) is 17.7 Å². The molecule has 2 amide bonds. The van der Waals surface area contributed by atoms with Crippen LogP contribution in [0.25, 0.3) is 0 Å². The van der Waals surface area contributed by atoms with Gasteiger partial charge < -0.3 is 20.8 Å². The molecule has 4 N–H and O–H groups in total. The van der Waals surface area contributed by atoms with E-state index in [0.717, 1.165) is 6.92 Å². The van der Waals surface area contributed by atoms with Gasteiger partial charge in [0, 0.05) is 0 Å². The first kappa shape index (κ1) is 15.7. The molecule has 1 aromatic rings. The summed E-state index contributed by atoms with van der Waals surface area (Å²) in [5, 5.41) is 23.3. The summed E-state index contributed by atoms with van der Waals surface area (Å²) < 4.78 is 0.511. The van der Waals surface area contributed by atoms with Crippen molar-refractivity contribution in [3.63, 3.8) is 0 Å². The second-order valence-electron chi connectivity index (χ2n) is 3.99. The first-order chi connectivity index (χ1) is 8.74. The van der Waals surface area contributed by atoms with Gasteiger partial charge in [-0.25, -0.2) is 9.59 Å². The van der Waals surface area contributed by atoms with Crippen molar-refractivity contribution in [3.8, 4) is 0 Å². The van der Waals surface area contributed by atoms with Crippen molar-refractivity contribution in [2.24, 2.45) is 0 Å². The number of hydrogen-bond donors (Lipinski definition) is 4. The molecule has 0 aromatic heterocycles. The molecular weight excluding hydrogens is 339 g/mol. The number of amides is 2. The SMILES string of the molecule is CC(O)(CNC(=O)Nc1cccc(Cl)c1Br)C(=O)O. The summed E-state index contributed by atoms with van der Waals surface area (Å²) >= 11 is 9.06. The molecule has 8 heteroatoms. The molecule has 19 heavy (non-hydrogen) atoms. The van der Waals surface area contributed by atoms with Crippen LogP contribution in [0.1, 0.15) is 6.92 Å². The molecule has 0 heterocycles. The van der Waals surface area contributed by atoms with Gasteiger partial charge in [0.15, 0.2) is 5.60 Å². The highest BCUT2D eigenvalue weighted by atomic mass is 79.9. The van der Waals surface area contributed by atoms with E-state index >= 15 is 0 Å². The average Bonchev–Trinajstić information content (AvgIpc) is 2.32. The van der Waals surface area contributed by atoms with Gasteiger partial charge in [0.2, 0.25) is 0 Å². The Hall–Kier alpha value is -1.31. The molecule has 0 fully saturated rings. The highest BCUT2D eigenvalue weighted by molar-refractivity contribution is 9.10. The zero-order valence-corrected chi connectivity index (χ0v) is 12.2. The van der Waals surface area contributed by atoms with Gasteiger partial charge in [0.05, 0.1) is 21.7 Å². The number of aliphatic carboxylic acids is 1. The fraction of sp³-hybridized carbons (Fsp3) is 0.273. The van der Waals surface area contributed by atoms with Crippen LogP contribution in [-0.2, 0) is 4.79 Å². The number of benzene rings is 1. The van der Waals surface area contributed by atoms with E-state index in [1.54, 1.807) is 18.2 Å². The summed E-state index contributed by atoms with van der Waals surface area (Å²) in [6, 6.07) is 4.26. The lowest BCUT2D eigenvalue weighted by Crippen LogP contribution is -2.47. The van der Waals surface area contributed by atoms with E-state index in [1.165, 1.54) is 0 Å². The second kappa shape index (κ2) is 6.23. The minimum absolute atomic E-state index is 0.424. The van der Waals surface area contributed by atoms with Crippen LogP contribution >= 0.6 is 27.5 Å². The average molecular weight is 352 g/mol. The van der Waals surface area contributed by atoms with E-state index in [4.69, 9.17) is 16.7 Å². The molecule has 1 atom stereocenters. The summed E-state index contributed by atoms with van der Waals surface area (Å²) in [4.78, 5) is 22.2. The van der Waals surface area contributed by atoms with E-state index in [-0.39, 0.29) is 0 Å². The van der Waals surface area contributed by atoms with Crippen molar-refractivity contribution in [3.05, 3.63) is 27.7 Å². The monoisotopic (exact) mass is 350 g/mol. The van der Waals surface area contributed by atoms with Crippen LogP contribution in [0.15, 0.2) is 22.7 Å². The number of anilines is 1.